The van der Waals surface area contributed by atoms with Crippen molar-refractivity contribution in [3.8, 4) is 0 Å². The summed E-state index contributed by atoms with van der Waals surface area (Å²) in [6, 6.07) is -3.07. The number of rotatable bonds is 18. The Morgan fingerprint density at radius 1 is 0.868 bits per heavy atom. The van der Waals surface area contributed by atoms with Crippen LogP contribution in [-0.2, 0) is 33.2 Å². The zero-order valence-corrected chi connectivity index (χ0v) is 31.0. The molecule has 1 aliphatic carbocycles. The van der Waals surface area contributed by atoms with Gasteiger partial charge in [-0.05, 0) is 51.6 Å². The molecule has 0 radical (unpaired) electrons. The summed E-state index contributed by atoms with van der Waals surface area (Å²) in [7, 11) is 0. The van der Waals surface area contributed by atoms with Crippen LogP contribution in [0, 0.1) is 11.8 Å². The third-order valence-corrected chi connectivity index (χ3v) is 11.0. The molecule has 18 nitrogen and oxygen atoms in total. The lowest BCUT2D eigenvalue weighted by Gasteiger charge is -2.47. The van der Waals surface area contributed by atoms with Crippen LogP contribution in [0.1, 0.15) is 59.3 Å². The van der Waals surface area contributed by atoms with Gasteiger partial charge in [-0.1, -0.05) is 20.8 Å². The van der Waals surface area contributed by atoms with Gasteiger partial charge in [0.15, 0.2) is 18.9 Å². The van der Waals surface area contributed by atoms with Gasteiger partial charge < -0.3 is 87.5 Å². The summed E-state index contributed by atoms with van der Waals surface area (Å²) in [6.45, 7) is 6.02. The SMILES string of the molecule is CCC1CCC(CNCCCN)OC1OC1C(N)CC(NC(=O)C(C)C(F)CN)C(O)C1OC1OC(CO)C(OC2OC(CC)C(O)C(O)C2N)C1O. The van der Waals surface area contributed by atoms with Gasteiger partial charge in [0.1, 0.15) is 55.0 Å². The molecule has 3 heterocycles. The zero-order valence-electron chi connectivity index (χ0n) is 31.0. The second kappa shape index (κ2) is 20.8. The van der Waals surface area contributed by atoms with Gasteiger partial charge in [-0.2, -0.15) is 0 Å². The second-order valence-electron chi connectivity index (χ2n) is 14.8. The van der Waals surface area contributed by atoms with E-state index in [1.54, 1.807) is 6.92 Å². The summed E-state index contributed by atoms with van der Waals surface area (Å²) in [5.41, 5.74) is 23.9. The molecule has 0 bridgehead atoms. The third kappa shape index (κ3) is 10.8. The average molecular weight is 769 g/mol. The van der Waals surface area contributed by atoms with E-state index in [1.165, 1.54) is 6.92 Å². The molecule has 19 unspecified atom stereocenters. The van der Waals surface area contributed by atoms with Gasteiger partial charge in [0.25, 0.3) is 0 Å². The van der Waals surface area contributed by atoms with Gasteiger partial charge in [-0.25, -0.2) is 4.39 Å². The van der Waals surface area contributed by atoms with Crippen molar-refractivity contribution in [3.05, 3.63) is 0 Å². The number of carbonyl (C=O) groups excluding carboxylic acids is 1. The first kappa shape index (κ1) is 44.5. The Kier molecular flexibility index (Phi) is 17.4. The highest BCUT2D eigenvalue weighted by molar-refractivity contribution is 5.79. The number of nitrogens with two attached hydrogens (primary N) is 4. The van der Waals surface area contributed by atoms with Gasteiger partial charge in [-0.3, -0.25) is 4.79 Å². The molecule has 53 heavy (non-hydrogen) atoms. The number of hydrogen-bond donors (Lipinski definition) is 11. The fourth-order valence-electron chi connectivity index (χ4n) is 7.49. The van der Waals surface area contributed by atoms with Crippen molar-refractivity contribution in [1.82, 2.24) is 10.6 Å². The summed E-state index contributed by atoms with van der Waals surface area (Å²) in [5.74, 6) is -1.81. The molecule has 1 saturated carbocycles. The van der Waals surface area contributed by atoms with Gasteiger partial charge in [0, 0.05) is 25.0 Å². The molecule has 0 aromatic rings. The van der Waals surface area contributed by atoms with Crippen LogP contribution in [0.5, 0.6) is 0 Å². The summed E-state index contributed by atoms with van der Waals surface area (Å²) in [5, 5.41) is 60.4. The maximum absolute atomic E-state index is 14.4. The van der Waals surface area contributed by atoms with Crippen LogP contribution in [0.25, 0.3) is 0 Å². The molecule has 15 N–H and O–H groups in total. The summed E-state index contributed by atoms with van der Waals surface area (Å²) < 4.78 is 51.3. The lowest BCUT2D eigenvalue weighted by molar-refractivity contribution is -0.297. The van der Waals surface area contributed by atoms with Crippen LogP contribution in [-0.4, -0.2) is 168 Å². The molecule has 3 saturated heterocycles. The first-order valence-corrected chi connectivity index (χ1v) is 19.1. The standard InChI is InChI=1S/C34H65FN6O12/c1-4-16-7-8-17(13-40-10-6-9-36)48-32(16)51-28-19(38)11-20(41-31(47)15(3)18(35)12-37)24(43)30(28)53-34-27(46)29(22(14-42)50-34)52-33-23(39)26(45)25(44)21(5-2)49-33/h15-30,32-34,40,42-46H,4-14,36-39H2,1-3H3,(H,41,47). The Bertz CT molecular complexity index is 1110. The van der Waals surface area contributed by atoms with E-state index in [2.05, 4.69) is 10.6 Å². The van der Waals surface area contributed by atoms with Gasteiger partial charge in [0.05, 0.1) is 36.8 Å². The topological polar surface area (TPSA) is 302 Å². The minimum Gasteiger partial charge on any atom is -0.394 e. The molecule has 0 aromatic carbocycles. The highest BCUT2D eigenvalue weighted by Crippen LogP contribution is 2.36. The first-order valence-electron chi connectivity index (χ1n) is 19.1. The molecule has 19 atom stereocenters. The van der Waals surface area contributed by atoms with Crippen molar-refractivity contribution in [2.45, 2.75) is 164 Å². The van der Waals surface area contributed by atoms with Crippen LogP contribution in [0.15, 0.2) is 0 Å². The number of halogens is 1. The van der Waals surface area contributed by atoms with Gasteiger partial charge >= 0.3 is 0 Å². The molecule has 1 amide bonds. The molecular weight excluding hydrogens is 703 g/mol. The Hall–Kier alpha value is -1.24. The molecule has 4 fully saturated rings. The predicted octanol–water partition coefficient (Wildman–Crippen LogP) is -3.62. The van der Waals surface area contributed by atoms with E-state index in [0.717, 1.165) is 32.2 Å². The Morgan fingerprint density at radius 2 is 1.55 bits per heavy atom. The number of carbonyl (C=O) groups is 1. The van der Waals surface area contributed by atoms with Crippen molar-refractivity contribution in [1.29, 1.82) is 0 Å². The minimum absolute atomic E-state index is 0.0123. The van der Waals surface area contributed by atoms with Gasteiger partial charge in [-0.15, -0.1) is 0 Å². The van der Waals surface area contributed by atoms with Crippen LogP contribution in [0.2, 0.25) is 0 Å². The molecular formula is C34H65FN6O12. The number of ether oxygens (including phenoxy) is 6. The number of amides is 1. The highest BCUT2D eigenvalue weighted by Gasteiger charge is 2.54. The van der Waals surface area contributed by atoms with E-state index in [1.807, 2.05) is 6.92 Å². The fourth-order valence-corrected chi connectivity index (χ4v) is 7.49. The van der Waals surface area contributed by atoms with Crippen LogP contribution in [0.4, 0.5) is 4.39 Å². The van der Waals surface area contributed by atoms with E-state index in [4.69, 9.17) is 51.4 Å². The summed E-state index contributed by atoms with van der Waals surface area (Å²) in [4.78, 5) is 13.0. The van der Waals surface area contributed by atoms with Crippen molar-refractivity contribution < 1.29 is 63.1 Å². The van der Waals surface area contributed by atoms with E-state index < -0.39 is 117 Å². The summed E-state index contributed by atoms with van der Waals surface area (Å²) in [6.07, 6.45) is -13.2. The van der Waals surface area contributed by atoms with Crippen molar-refractivity contribution in [3.63, 3.8) is 0 Å². The Labute approximate surface area is 310 Å². The fraction of sp³-hybridized carbons (Fsp3) is 0.971. The Morgan fingerprint density at radius 3 is 2.19 bits per heavy atom. The van der Waals surface area contributed by atoms with E-state index in [-0.39, 0.29) is 25.0 Å². The third-order valence-electron chi connectivity index (χ3n) is 11.0. The Balaban J connectivity index is 1.56. The zero-order chi connectivity index (χ0) is 39.0. The largest absolute Gasteiger partial charge is 0.394 e. The lowest BCUT2D eigenvalue weighted by atomic mass is 9.83. The predicted molar refractivity (Wildman–Crippen MR) is 187 cm³/mol. The molecule has 3 aliphatic heterocycles. The van der Waals surface area contributed by atoms with E-state index >= 15 is 0 Å². The second-order valence-corrected chi connectivity index (χ2v) is 14.8. The van der Waals surface area contributed by atoms with Crippen LogP contribution in [0.3, 0.4) is 0 Å². The maximum Gasteiger partial charge on any atom is 0.226 e. The average Bonchev–Trinajstić information content (AvgIpc) is 3.45. The van der Waals surface area contributed by atoms with Crippen LogP contribution >= 0.6 is 0 Å². The van der Waals surface area contributed by atoms with Crippen molar-refractivity contribution in [2.75, 3.05) is 32.8 Å². The highest BCUT2D eigenvalue weighted by atomic mass is 19.1. The van der Waals surface area contributed by atoms with Gasteiger partial charge in [0.2, 0.25) is 5.91 Å². The smallest absolute Gasteiger partial charge is 0.226 e. The maximum atomic E-state index is 14.4. The number of alkyl halides is 1. The first-order chi connectivity index (χ1) is 25.3. The number of nitrogens with one attached hydrogen (secondary N) is 2. The monoisotopic (exact) mass is 768 g/mol. The molecule has 0 spiro atoms. The quantitative estimate of drug-likeness (QED) is 0.0600. The number of hydrogen-bond acceptors (Lipinski definition) is 17. The van der Waals surface area contributed by atoms with E-state index in [9.17, 15) is 34.7 Å². The molecule has 4 aliphatic rings. The van der Waals surface area contributed by atoms with Crippen LogP contribution < -0.4 is 33.6 Å². The molecule has 310 valence electrons. The molecule has 19 heteroatoms. The minimum atomic E-state index is -1.62. The molecule has 4 rings (SSSR count). The summed E-state index contributed by atoms with van der Waals surface area (Å²) >= 11 is 0. The normalized spacial score (nSPS) is 43.4. The number of aliphatic hydroxyl groups is 5. The number of aliphatic hydroxyl groups excluding tert-OH is 5. The lowest BCUT2D eigenvalue weighted by Crippen LogP contribution is -2.66. The molecule has 0 aromatic heterocycles. The van der Waals surface area contributed by atoms with E-state index in [0.29, 0.717) is 19.5 Å². The van der Waals surface area contributed by atoms with Crippen molar-refractivity contribution >= 4 is 5.91 Å². The van der Waals surface area contributed by atoms with Crippen molar-refractivity contribution in [2.24, 2.45) is 34.8 Å².